The Hall–Kier alpha value is -3.84. The number of methoxy groups -OCH3 is 1. The van der Waals surface area contributed by atoms with E-state index in [1.807, 2.05) is 14.1 Å². The molecular weight excluding hydrogens is 440 g/mol. The molecule has 0 radical (unpaired) electrons. The number of amides is 2. The van der Waals surface area contributed by atoms with Crippen LogP contribution in [0, 0.1) is 0 Å². The quantitative estimate of drug-likeness (QED) is 0.514. The van der Waals surface area contributed by atoms with Crippen LogP contribution in [0.2, 0.25) is 0 Å². The summed E-state index contributed by atoms with van der Waals surface area (Å²) in [6.45, 7) is 2.01. The summed E-state index contributed by atoms with van der Waals surface area (Å²) in [7, 11) is 5.60. The highest BCUT2D eigenvalue weighted by molar-refractivity contribution is 6.39. The number of rotatable bonds is 7. The summed E-state index contributed by atoms with van der Waals surface area (Å²) in [5, 5.41) is 5.50. The molecule has 1 aliphatic heterocycles. The van der Waals surface area contributed by atoms with E-state index < -0.39 is 11.8 Å². The maximum atomic E-state index is 12.7. The molecule has 0 aromatic heterocycles. The largest absolute Gasteiger partial charge is 0.497 e. The number of ether oxygens (including phenoxy) is 1. The lowest BCUT2D eigenvalue weighted by Crippen LogP contribution is -2.43. The number of fused-ring (bicyclic) bond motifs is 1. The van der Waals surface area contributed by atoms with Crippen LogP contribution < -0.4 is 20.3 Å². The van der Waals surface area contributed by atoms with E-state index >= 15 is 0 Å². The molecule has 182 valence electrons. The summed E-state index contributed by atoms with van der Waals surface area (Å²) < 4.78 is 5.13. The van der Waals surface area contributed by atoms with Crippen LogP contribution in [-0.2, 0) is 22.6 Å². The van der Waals surface area contributed by atoms with Crippen molar-refractivity contribution in [3.63, 3.8) is 0 Å². The predicted molar refractivity (Wildman–Crippen MR) is 139 cm³/mol. The van der Waals surface area contributed by atoms with E-state index in [1.54, 1.807) is 31.4 Å². The number of carbonyl (C=O) groups is 2. The number of hydrogen-bond donors (Lipinski definition) is 2. The van der Waals surface area contributed by atoms with E-state index in [0.717, 1.165) is 30.8 Å². The fraction of sp³-hybridized carbons (Fsp3) is 0.286. The van der Waals surface area contributed by atoms with Crippen LogP contribution in [0.3, 0.4) is 0 Å². The van der Waals surface area contributed by atoms with Gasteiger partial charge in [-0.15, -0.1) is 0 Å². The fourth-order valence-corrected chi connectivity index (χ4v) is 4.37. The van der Waals surface area contributed by atoms with Crippen LogP contribution in [0.15, 0.2) is 72.8 Å². The van der Waals surface area contributed by atoms with Gasteiger partial charge < -0.3 is 20.3 Å². The maximum Gasteiger partial charge on any atom is 0.313 e. The van der Waals surface area contributed by atoms with Gasteiger partial charge in [0.15, 0.2) is 0 Å². The average Bonchev–Trinajstić information content (AvgIpc) is 2.89. The molecule has 0 bridgehead atoms. The van der Waals surface area contributed by atoms with Crippen LogP contribution in [0.25, 0.3) is 0 Å². The van der Waals surface area contributed by atoms with Gasteiger partial charge in [0, 0.05) is 45.1 Å². The van der Waals surface area contributed by atoms with Crippen molar-refractivity contribution in [2.75, 3.05) is 44.5 Å². The summed E-state index contributed by atoms with van der Waals surface area (Å²) in [5.74, 6) is -0.673. The minimum atomic E-state index is -0.694. The molecule has 0 saturated heterocycles. The molecule has 7 heteroatoms. The molecule has 2 amide bonds. The molecule has 0 saturated carbocycles. The molecular formula is C28H32N4O3. The Morgan fingerprint density at radius 2 is 1.63 bits per heavy atom. The smallest absolute Gasteiger partial charge is 0.313 e. The normalized spacial score (nSPS) is 13.9. The topological polar surface area (TPSA) is 73.9 Å². The number of hydrogen-bond acceptors (Lipinski definition) is 5. The van der Waals surface area contributed by atoms with E-state index in [2.05, 4.69) is 69.0 Å². The summed E-state index contributed by atoms with van der Waals surface area (Å²) in [4.78, 5) is 29.6. The monoisotopic (exact) mass is 472 g/mol. The lowest BCUT2D eigenvalue weighted by atomic mass is 9.96. The zero-order chi connectivity index (χ0) is 24.8. The number of nitrogens with zero attached hydrogens (tertiary/aromatic N) is 2. The molecule has 3 aromatic carbocycles. The second-order valence-electron chi connectivity index (χ2n) is 8.88. The Kier molecular flexibility index (Phi) is 7.67. The molecule has 3 aromatic rings. The highest BCUT2D eigenvalue weighted by Crippen LogP contribution is 2.28. The molecule has 1 heterocycles. The van der Waals surface area contributed by atoms with Crippen molar-refractivity contribution in [2.24, 2.45) is 0 Å². The van der Waals surface area contributed by atoms with Gasteiger partial charge in [-0.05, 0) is 59.5 Å². The number of carbonyl (C=O) groups excluding carboxylic acids is 2. The van der Waals surface area contributed by atoms with E-state index in [1.165, 1.54) is 11.1 Å². The first-order valence-electron chi connectivity index (χ1n) is 11.8. The van der Waals surface area contributed by atoms with Crippen molar-refractivity contribution in [3.8, 4) is 5.75 Å². The van der Waals surface area contributed by atoms with Crippen LogP contribution in [-0.4, -0.2) is 51.0 Å². The maximum absolute atomic E-state index is 12.7. The molecule has 35 heavy (non-hydrogen) atoms. The highest BCUT2D eigenvalue weighted by Gasteiger charge is 2.26. The van der Waals surface area contributed by atoms with Crippen LogP contribution in [0.1, 0.15) is 22.7 Å². The Morgan fingerprint density at radius 3 is 2.29 bits per heavy atom. The third-order valence-corrected chi connectivity index (χ3v) is 6.41. The first-order valence-corrected chi connectivity index (χ1v) is 11.8. The Labute approximate surface area is 206 Å². The predicted octanol–water partition coefficient (Wildman–Crippen LogP) is 3.62. The minimum Gasteiger partial charge on any atom is -0.497 e. The highest BCUT2D eigenvalue weighted by atomic mass is 16.5. The van der Waals surface area contributed by atoms with Crippen molar-refractivity contribution >= 4 is 23.2 Å². The molecule has 0 unspecified atom stereocenters. The van der Waals surface area contributed by atoms with Crippen molar-refractivity contribution in [3.05, 3.63) is 89.5 Å². The number of benzene rings is 3. The van der Waals surface area contributed by atoms with Crippen molar-refractivity contribution < 1.29 is 14.3 Å². The van der Waals surface area contributed by atoms with Crippen LogP contribution in [0.5, 0.6) is 5.75 Å². The summed E-state index contributed by atoms with van der Waals surface area (Å²) >= 11 is 0. The fourth-order valence-electron chi connectivity index (χ4n) is 4.37. The van der Waals surface area contributed by atoms with E-state index in [0.29, 0.717) is 18.0 Å². The molecule has 0 aliphatic carbocycles. The lowest BCUT2D eigenvalue weighted by molar-refractivity contribution is -0.136. The molecule has 4 rings (SSSR count). The van der Waals surface area contributed by atoms with Crippen molar-refractivity contribution in [1.82, 2.24) is 10.2 Å². The summed E-state index contributed by atoms with van der Waals surface area (Å²) in [5.41, 5.74) is 5.42. The average molecular weight is 473 g/mol. The zero-order valence-corrected chi connectivity index (χ0v) is 20.5. The summed E-state index contributed by atoms with van der Waals surface area (Å²) in [6, 6.07) is 23.6. The molecule has 0 spiro atoms. The van der Waals surface area contributed by atoms with Gasteiger partial charge in [-0.2, -0.15) is 0 Å². The van der Waals surface area contributed by atoms with E-state index in [4.69, 9.17) is 4.74 Å². The molecule has 1 aliphatic rings. The second kappa shape index (κ2) is 11.1. The standard InChI is InChI=1S/C28H32N4O3/c1-31(2)24-12-8-21(9-13-24)26(32-17-16-20-6-4-5-7-22(20)19-32)18-29-27(33)28(34)30-23-10-14-25(35-3)15-11-23/h4-15,26H,16-19H2,1-3H3,(H,29,33)(H,30,34)/t26-/m1/s1. The van der Waals surface area contributed by atoms with Gasteiger partial charge in [-0.1, -0.05) is 36.4 Å². The first kappa shape index (κ1) is 24.3. The van der Waals surface area contributed by atoms with Gasteiger partial charge in [0.05, 0.1) is 13.2 Å². The van der Waals surface area contributed by atoms with Gasteiger partial charge in [0.25, 0.3) is 0 Å². The number of nitrogens with one attached hydrogen (secondary N) is 2. The Balaban J connectivity index is 1.46. The van der Waals surface area contributed by atoms with Crippen molar-refractivity contribution in [2.45, 2.75) is 19.0 Å². The molecule has 7 nitrogen and oxygen atoms in total. The molecule has 1 atom stereocenters. The van der Waals surface area contributed by atoms with E-state index in [9.17, 15) is 9.59 Å². The Morgan fingerprint density at radius 1 is 0.943 bits per heavy atom. The third kappa shape index (κ3) is 6.00. The molecule has 2 N–H and O–H groups in total. The molecule has 0 fully saturated rings. The summed E-state index contributed by atoms with van der Waals surface area (Å²) in [6.07, 6.45) is 0.953. The lowest BCUT2D eigenvalue weighted by Gasteiger charge is -2.36. The third-order valence-electron chi connectivity index (χ3n) is 6.41. The van der Waals surface area contributed by atoms with Crippen molar-refractivity contribution in [1.29, 1.82) is 0 Å². The zero-order valence-electron chi connectivity index (χ0n) is 20.5. The Bertz CT molecular complexity index is 1160. The van der Waals surface area contributed by atoms with Gasteiger partial charge in [-0.25, -0.2) is 0 Å². The van der Waals surface area contributed by atoms with Gasteiger partial charge in [-0.3, -0.25) is 14.5 Å². The number of anilines is 2. The van der Waals surface area contributed by atoms with Gasteiger partial charge in [0.2, 0.25) is 0 Å². The second-order valence-corrected chi connectivity index (χ2v) is 8.88. The van der Waals surface area contributed by atoms with Gasteiger partial charge >= 0.3 is 11.8 Å². The van der Waals surface area contributed by atoms with Gasteiger partial charge in [0.1, 0.15) is 5.75 Å². The minimum absolute atomic E-state index is 0.0581. The van der Waals surface area contributed by atoms with Crippen LogP contribution in [0.4, 0.5) is 11.4 Å². The van der Waals surface area contributed by atoms with Crippen LogP contribution >= 0.6 is 0 Å². The van der Waals surface area contributed by atoms with E-state index in [-0.39, 0.29) is 6.04 Å². The SMILES string of the molecule is COc1ccc(NC(=O)C(=O)NC[C@H](c2ccc(N(C)C)cc2)N2CCc3ccccc3C2)cc1. The first-order chi connectivity index (χ1) is 16.9.